The summed E-state index contributed by atoms with van der Waals surface area (Å²) in [5, 5.41) is 14.0. The molecule has 94 valence electrons. The lowest BCUT2D eigenvalue weighted by Crippen LogP contribution is -2.02. The van der Waals surface area contributed by atoms with E-state index in [1.807, 2.05) is 6.92 Å². The number of H-pyrrole nitrogens is 1. The number of halogens is 1. The number of benzene rings is 1. The number of nitrogens with one attached hydrogen (secondary N) is 2. The molecule has 0 spiro atoms. The van der Waals surface area contributed by atoms with Crippen LogP contribution in [-0.2, 0) is 6.54 Å². The maximum absolute atomic E-state index is 10.6. The highest BCUT2D eigenvalue weighted by atomic mass is 35.5. The molecule has 2 aromatic rings. The van der Waals surface area contributed by atoms with Gasteiger partial charge >= 0.3 is 0 Å². The van der Waals surface area contributed by atoms with Crippen molar-refractivity contribution in [2.75, 3.05) is 5.32 Å². The molecule has 0 aliphatic heterocycles. The molecule has 0 bridgehead atoms. The van der Waals surface area contributed by atoms with E-state index in [4.69, 9.17) is 11.6 Å². The Morgan fingerprint density at radius 3 is 2.89 bits per heavy atom. The minimum absolute atomic E-state index is 0.0264. The molecule has 1 heterocycles. The monoisotopic (exact) mass is 266 g/mol. The number of anilines is 1. The third-order valence-electron chi connectivity index (χ3n) is 2.54. The molecule has 2 rings (SSSR count). The zero-order chi connectivity index (χ0) is 13.1. The summed E-state index contributed by atoms with van der Waals surface area (Å²) in [4.78, 5) is 17.2. The van der Waals surface area contributed by atoms with E-state index < -0.39 is 4.92 Å². The van der Waals surface area contributed by atoms with Crippen molar-refractivity contribution in [2.24, 2.45) is 0 Å². The Labute approximate surface area is 108 Å². The van der Waals surface area contributed by atoms with Crippen molar-refractivity contribution < 1.29 is 4.92 Å². The predicted molar refractivity (Wildman–Crippen MR) is 68.8 cm³/mol. The van der Waals surface area contributed by atoms with E-state index in [0.29, 0.717) is 17.3 Å². The number of non-ortho nitro benzene ring substituents is 1. The average Bonchev–Trinajstić information content (AvgIpc) is 2.73. The molecule has 6 nitrogen and oxygen atoms in total. The highest BCUT2D eigenvalue weighted by molar-refractivity contribution is 6.33. The van der Waals surface area contributed by atoms with Gasteiger partial charge in [0.2, 0.25) is 0 Å². The van der Waals surface area contributed by atoms with Crippen LogP contribution in [0.15, 0.2) is 24.5 Å². The van der Waals surface area contributed by atoms with E-state index in [1.54, 1.807) is 12.4 Å². The molecule has 1 aromatic heterocycles. The third kappa shape index (κ3) is 2.60. The second-order valence-electron chi connectivity index (χ2n) is 3.75. The van der Waals surface area contributed by atoms with Crippen LogP contribution in [0.1, 0.15) is 11.4 Å². The van der Waals surface area contributed by atoms with E-state index in [-0.39, 0.29) is 5.69 Å². The van der Waals surface area contributed by atoms with E-state index in [0.717, 1.165) is 11.4 Å². The highest BCUT2D eigenvalue weighted by Crippen LogP contribution is 2.26. The van der Waals surface area contributed by atoms with Crippen molar-refractivity contribution in [3.8, 4) is 0 Å². The summed E-state index contributed by atoms with van der Waals surface area (Å²) < 4.78 is 0. The molecule has 0 saturated carbocycles. The van der Waals surface area contributed by atoms with Crippen LogP contribution in [0.4, 0.5) is 11.4 Å². The number of aryl methyl sites for hydroxylation is 1. The maximum Gasteiger partial charge on any atom is 0.271 e. The molecule has 0 saturated heterocycles. The molecule has 0 fully saturated rings. The van der Waals surface area contributed by atoms with Gasteiger partial charge in [-0.1, -0.05) is 11.6 Å². The molecule has 7 heteroatoms. The first-order valence-electron chi connectivity index (χ1n) is 5.24. The van der Waals surface area contributed by atoms with Crippen LogP contribution in [0.25, 0.3) is 0 Å². The Balaban J connectivity index is 2.11. The first-order valence-corrected chi connectivity index (χ1v) is 5.62. The number of rotatable bonds is 4. The molecule has 0 aliphatic carbocycles. The molecular formula is C11H11ClN4O2. The molecule has 0 atom stereocenters. The Morgan fingerprint density at radius 1 is 1.56 bits per heavy atom. The standard InChI is InChI=1S/C11H11ClN4O2/c1-7-11(15-6-14-7)5-13-10-3-2-8(16(17)18)4-9(10)12/h2-4,6,13H,5H2,1H3,(H,14,15). The fraction of sp³-hybridized carbons (Fsp3) is 0.182. The van der Waals surface area contributed by atoms with Crippen molar-refractivity contribution >= 4 is 23.0 Å². The van der Waals surface area contributed by atoms with Crippen LogP contribution < -0.4 is 5.32 Å². The van der Waals surface area contributed by atoms with Gasteiger partial charge in [-0.25, -0.2) is 4.98 Å². The summed E-state index contributed by atoms with van der Waals surface area (Å²) in [6.07, 6.45) is 1.61. The normalized spacial score (nSPS) is 10.3. The predicted octanol–water partition coefficient (Wildman–Crippen LogP) is 2.89. The van der Waals surface area contributed by atoms with Crippen molar-refractivity contribution in [1.29, 1.82) is 0 Å². The van der Waals surface area contributed by atoms with Gasteiger partial charge < -0.3 is 10.3 Å². The maximum atomic E-state index is 10.6. The number of aromatic nitrogens is 2. The van der Waals surface area contributed by atoms with E-state index >= 15 is 0 Å². The van der Waals surface area contributed by atoms with Gasteiger partial charge in [0, 0.05) is 17.8 Å². The number of imidazole rings is 1. The molecule has 1 aromatic carbocycles. The van der Waals surface area contributed by atoms with Gasteiger partial charge in [-0.05, 0) is 13.0 Å². The number of nitro groups is 1. The first-order chi connectivity index (χ1) is 8.58. The minimum atomic E-state index is -0.479. The van der Waals surface area contributed by atoms with Gasteiger partial charge in [0.05, 0.1) is 34.2 Å². The van der Waals surface area contributed by atoms with Crippen molar-refractivity contribution in [2.45, 2.75) is 13.5 Å². The van der Waals surface area contributed by atoms with Crippen LogP contribution >= 0.6 is 11.6 Å². The molecule has 18 heavy (non-hydrogen) atoms. The fourth-order valence-corrected chi connectivity index (χ4v) is 1.75. The van der Waals surface area contributed by atoms with Crippen LogP contribution in [0, 0.1) is 17.0 Å². The second-order valence-corrected chi connectivity index (χ2v) is 4.16. The zero-order valence-electron chi connectivity index (χ0n) is 9.61. The van der Waals surface area contributed by atoms with Crippen molar-refractivity contribution in [3.05, 3.63) is 51.1 Å². The van der Waals surface area contributed by atoms with E-state index in [9.17, 15) is 10.1 Å². The molecule has 2 N–H and O–H groups in total. The lowest BCUT2D eigenvalue weighted by molar-refractivity contribution is -0.384. The van der Waals surface area contributed by atoms with Crippen LogP contribution in [0.2, 0.25) is 5.02 Å². The largest absolute Gasteiger partial charge is 0.378 e. The van der Waals surface area contributed by atoms with Crippen molar-refractivity contribution in [3.63, 3.8) is 0 Å². The number of hydrogen-bond donors (Lipinski definition) is 2. The fourth-order valence-electron chi connectivity index (χ4n) is 1.51. The average molecular weight is 267 g/mol. The number of nitrogens with zero attached hydrogens (tertiary/aromatic N) is 2. The van der Waals surface area contributed by atoms with E-state index in [1.165, 1.54) is 12.1 Å². The highest BCUT2D eigenvalue weighted by Gasteiger charge is 2.09. The number of aromatic amines is 1. The number of hydrogen-bond acceptors (Lipinski definition) is 4. The Kier molecular flexibility index (Phi) is 3.47. The first kappa shape index (κ1) is 12.4. The Morgan fingerprint density at radius 2 is 2.33 bits per heavy atom. The van der Waals surface area contributed by atoms with Gasteiger partial charge in [0.15, 0.2) is 0 Å². The summed E-state index contributed by atoms with van der Waals surface area (Å²) in [6, 6.07) is 4.31. The molecule has 0 aliphatic rings. The lowest BCUT2D eigenvalue weighted by atomic mass is 10.2. The minimum Gasteiger partial charge on any atom is -0.378 e. The van der Waals surface area contributed by atoms with Crippen LogP contribution in [0.3, 0.4) is 0 Å². The molecular weight excluding hydrogens is 256 g/mol. The van der Waals surface area contributed by atoms with Gasteiger partial charge in [0.1, 0.15) is 0 Å². The SMILES string of the molecule is Cc1[nH]cnc1CNc1ccc([N+](=O)[O-])cc1Cl. The smallest absolute Gasteiger partial charge is 0.271 e. The summed E-state index contributed by atoms with van der Waals surface area (Å²) >= 11 is 5.96. The second kappa shape index (κ2) is 5.05. The topological polar surface area (TPSA) is 83.8 Å². The summed E-state index contributed by atoms with van der Waals surface area (Å²) in [7, 11) is 0. The summed E-state index contributed by atoms with van der Waals surface area (Å²) in [5.41, 5.74) is 2.47. The van der Waals surface area contributed by atoms with Gasteiger partial charge in [-0.3, -0.25) is 10.1 Å². The van der Waals surface area contributed by atoms with E-state index in [2.05, 4.69) is 15.3 Å². The van der Waals surface area contributed by atoms with Crippen LogP contribution in [0.5, 0.6) is 0 Å². The van der Waals surface area contributed by atoms with Crippen molar-refractivity contribution in [1.82, 2.24) is 9.97 Å². The van der Waals surface area contributed by atoms with Gasteiger partial charge in [0.25, 0.3) is 5.69 Å². The quantitative estimate of drug-likeness (QED) is 0.658. The van der Waals surface area contributed by atoms with Gasteiger partial charge in [-0.15, -0.1) is 0 Å². The van der Waals surface area contributed by atoms with Gasteiger partial charge in [-0.2, -0.15) is 0 Å². The summed E-state index contributed by atoms with van der Waals surface area (Å²) in [6.45, 7) is 2.42. The molecule has 0 unspecified atom stereocenters. The third-order valence-corrected chi connectivity index (χ3v) is 2.86. The lowest BCUT2D eigenvalue weighted by Gasteiger charge is -2.07. The number of nitro benzene ring substituents is 1. The molecule has 0 radical (unpaired) electrons. The Hall–Kier alpha value is -2.08. The Bertz CT molecular complexity index is 582. The van der Waals surface area contributed by atoms with Crippen LogP contribution in [-0.4, -0.2) is 14.9 Å². The molecule has 0 amide bonds. The zero-order valence-corrected chi connectivity index (χ0v) is 10.4. The summed E-state index contributed by atoms with van der Waals surface area (Å²) in [5.74, 6) is 0.